The van der Waals surface area contributed by atoms with Crippen LogP contribution in [0.15, 0.2) is 12.2 Å². The molecule has 0 N–H and O–H groups in total. The van der Waals surface area contributed by atoms with Crippen LogP contribution in [0.2, 0.25) is 0 Å². The number of hydrogen-bond acceptors (Lipinski definition) is 7. The summed E-state index contributed by atoms with van der Waals surface area (Å²) in [5.74, 6) is -0.629. The lowest BCUT2D eigenvalue weighted by Gasteiger charge is -2.42. The third kappa shape index (κ3) is 27.5. The largest absolute Gasteiger partial charge is 0.462 e. The highest BCUT2D eigenvalue weighted by Gasteiger charge is 2.32. The summed E-state index contributed by atoms with van der Waals surface area (Å²) in [4.78, 5) is 41.8. The molecule has 1 unspecified atom stereocenters. The summed E-state index contributed by atoms with van der Waals surface area (Å²) < 4.78 is 16.7. The molecule has 0 aromatic heterocycles. The Morgan fingerprint density at radius 2 is 0.981 bits per heavy atom. The van der Waals surface area contributed by atoms with Crippen LogP contribution in [0.25, 0.3) is 0 Å². The predicted molar refractivity (Wildman–Crippen MR) is 216 cm³/mol. The molecule has 8 nitrogen and oxygen atoms in total. The van der Waals surface area contributed by atoms with Gasteiger partial charge in [-0.1, -0.05) is 161 Å². The Labute approximate surface area is 320 Å². The fourth-order valence-electron chi connectivity index (χ4n) is 6.71. The number of allylic oxidation sites excluding steroid dienone is 2. The molecule has 0 aromatic carbocycles. The van der Waals surface area contributed by atoms with Crippen molar-refractivity contribution in [3.05, 3.63) is 12.2 Å². The molecule has 0 aliphatic carbocycles. The second-order valence-electron chi connectivity index (χ2n) is 15.3. The first-order valence-corrected chi connectivity index (χ1v) is 22.0. The Hall–Kier alpha value is -2.09. The number of esters is 2. The molecule has 52 heavy (non-hydrogen) atoms. The zero-order valence-corrected chi connectivity index (χ0v) is 34.5. The van der Waals surface area contributed by atoms with E-state index < -0.39 is 12.2 Å². The van der Waals surface area contributed by atoms with Gasteiger partial charge in [0.05, 0.1) is 6.04 Å². The molecule has 304 valence electrons. The lowest BCUT2D eigenvalue weighted by atomic mass is 10.0. The zero-order chi connectivity index (χ0) is 37.9. The maximum atomic E-state index is 12.7. The van der Waals surface area contributed by atoms with E-state index in [0.717, 1.165) is 71.0 Å². The maximum Gasteiger partial charge on any atom is 0.409 e. The predicted octanol–water partition coefficient (Wildman–Crippen LogP) is 11.7. The molecule has 8 heteroatoms. The van der Waals surface area contributed by atoms with Gasteiger partial charge in [0.25, 0.3) is 0 Å². The quantitative estimate of drug-likeness (QED) is 0.0274. The van der Waals surface area contributed by atoms with Crippen molar-refractivity contribution in [3.8, 4) is 0 Å². The summed E-state index contributed by atoms with van der Waals surface area (Å²) in [7, 11) is 1.74. The molecule has 0 bridgehead atoms. The lowest BCUT2D eigenvalue weighted by Crippen LogP contribution is -2.59. The standard InChI is InChI=1S/C44H82N2O6/c1-5-8-10-12-14-16-18-20-21-23-25-27-29-31-33-35-43(48)52-41(39-51-44(49)45(4)40-36-46(7-3)37-40)38-50-42(47)34-32-30-28-26-24-22-19-17-15-13-11-9-6-2/h20-21,40-41H,5-19,22-39H2,1-4H3/b21-20-. The minimum Gasteiger partial charge on any atom is -0.462 e. The van der Waals surface area contributed by atoms with Crippen LogP contribution in [-0.4, -0.2) is 79.9 Å². The van der Waals surface area contributed by atoms with Gasteiger partial charge >= 0.3 is 18.0 Å². The van der Waals surface area contributed by atoms with Crippen LogP contribution in [0, 0.1) is 0 Å². The average Bonchev–Trinajstić information content (AvgIpc) is 3.12. The molecule has 0 spiro atoms. The van der Waals surface area contributed by atoms with E-state index in [0.29, 0.717) is 12.8 Å². The smallest absolute Gasteiger partial charge is 0.409 e. The molecule has 1 amide bonds. The first kappa shape index (κ1) is 47.9. The van der Waals surface area contributed by atoms with Crippen LogP contribution < -0.4 is 0 Å². The molecule has 0 aromatic rings. The monoisotopic (exact) mass is 735 g/mol. The first-order valence-electron chi connectivity index (χ1n) is 22.0. The van der Waals surface area contributed by atoms with Gasteiger partial charge in [0.15, 0.2) is 6.10 Å². The normalized spacial score (nSPS) is 14.0. The van der Waals surface area contributed by atoms with Crippen molar-refractivity contribution in [1.82, 2.24) is 9.80 Å². The van der Waals surface area contributed by atoms with Crippen LogP contribution in [0.5, 0.6) is 0 Å². The molecule has 1 aliphatic heterocycles. The summed E-state index contributed by atoms with van der Waals surface area (Å²) in [6.07, 6.45) is 35.9. The Morgan fingerprint density at radius 3 is 1.44 bits per heavy atom. The average molecular weight is 735 g/mol. The van der Waals surface area contributed by atoms with E-state index >= 15 is 0 Å². The molecule has 0 radical (unpaired) electrons. The van der Waals surface area contributed by atoms with Gasteiger partial charge in [-0.05, 0) is 45.1 Å². The van der Waals surface area contributed by atoms with Gasteiger partial charge < -0.3 is 19.1 Å². The molecule has 1 rings (SSSR count). The fraction of sp³-hybridized carbons (Fsp3) is 0.886. The van der Waals surface area contributed by atoms with Crippen molar-refractivity contribution in [2.24, 2.45) is 0 Å². The summed E-state index contributed by atoms with van der Waals surface area (Å²) >= 11 is 0. The second-order valence-corrected chi connectivity index (χ2v) is 15.3. The number of rotatable bonds is 36. The fourth-order valence-corrected chi connectivity index (χ4v) is 6.71. The minimum atomic E-state index is -0.808. The van der Waals surface area contributed by atoms with Gasteiger partial charge in [-0.25, -0.2) is 4.79 Å². The van der Waals surface area contributed by atoms with Gasteiger partial charge in [-0.15, -0.1) is 0 Å². The first-order chi connectivity index (χ1) is 25.4. The van der Waals surface area contributed by atoms with Crippen molar-refractivity contribution in [2.75, 3.05) is 39.9 Å². The molecule has 0 saturated carbocycles. The Bertz CT molecular complexity index is 890. The number of carbonyl (C=O) groups excluding carboxylic acids is 3. The van der Waals surface area contributed by atoms with Gasteiger partial charge in [0.1, 0.15) is 13.2 Å². The minimum absolute atomic E-state index is 0.0978. The van der Waals surface area contributed by atoms with Gasteiger partial charge in [0, 0.05) is 33.0 Å². The molecular weight excluding hydrogens is 652 g/mol. The highest BCUT2D eigenvalue weighted by atomic mass is 16.6. The SMILES string of the molecule is CCCCCCCC/C=C\CCCCCCCC(=O)OC(COC(=O)CCCCCCCCCCCCCCC)COC(=O)N(C)C1CN(CC)C1. The molecule has 1 saturated heterocycles. The number of hydrogen-bond donors (Lipinski definition) is 0. The Balaban J connectivity index is 2.27. The molecule has 1 aliphatic rings. The van der Waals surface area contributed by atoms with E-state index in [4.69, 9.17) is 14.2 Å². The van der Waals surface area contributed by atoms with Crippen molar-refractivity contribution in [3.63, 3.8) is 0 Å². The summed E-state index contributed by atoms with van der Waals surface area (Å²) in [5, 5.41) is 0. The van der Waals surface area contributed by atoms with Crippen LogP contribution in [0.3, 0.4) is 0 Å². The molecule has 1 fully saturated rings. The topological polar surface area (TPSA) is 85.4 Å². The number of likely N-dealkylation sites (tertiary alicyclic amines) is 1. The van der Waals surface area contributed by atoms with Gasteiger partial charge in [0.2, 0.25) is 0 Å². The Morgan fingerprint density at radius 1 is 0.577 bits per heavy atom. The molecular formula is C44H82N2O6. The van der Waals surface area contributed by atoms with E-state index in [1.807, 2.05) is 0 Å². The number of unbranched alkanes of at least 4 members (excludes halogenated alkanes) is 23. The number of carbonyl (C=O) groups is 3. The molecule has 1 atom stereocenters. The van der Waals surface area contributed by atoms with Crippen LogP contribution in [0.1, 0.15) is 201 Å². The third-order valence-electron chi connectivity index (χ3n) is 10.5. The van der Waals surface area contributed by atoms with Crippen LogP contribution >= 0.6 is 0 Å². The number of likely N-dealkylation sites (N-methyl/N-ethyl adjacent to an activating group) is 2. The summed E-state index contributed by atoms with van der Waals surface area (Å²) in [5.41, 5.74) is 0. The van der Waals surface area contributed by atoms with E-state index in [1.54, 1.807) is 11.9 Å². The summed E-state index contributed by atoms with van der Waals surface area (Å²) in [6.45, 7) is 9.01. The molecule has 1 heterocycles. The van der Waals surface area contributed by atoms with E-state index in [-0.39, 0.29) is 31.2 Å². The maximum absolute atomic E-state index is 12.7. The van der Waals surface area contributed by atoms with Gasteiger partial charge in [-0.3, -0.25) is 14.5 Å². The van der Waals surface area contributed by atoms with Crippen LogP contribution in [0.4, 0.5) is 4.79 Å². The van der Waals surface area contributed by atoms with E-state index in [1.165, 1.54) is 116 Å². The zero-order valence-electron chi connectivity index (χ0n) is 34.5. The van der Waals surface area contributed by atoms with Gasteiger partial charge in [-0.2, -0.15) is 0 Å². The van der Waals surface area contributed by atoms with Crippen molar-refractivity contribution in [2.45, 2.75) is 213 Å². The lowest BCUT2D eigenvalue weighted by molar-refractivity contribution is -0.161. The Kier molecular flexibility index (Phi) is 32.0. The summed E-state index contributed by atoms with van der Waals surface area (Å²) in [6, 6.07) is 0.118. The van der Waals surface area contributed by atoms with Crippen molar-refractivity contribution in [1.29, 1.82) is 0 Å². The highest BCUT2D eigenvalue weighted by Crippen LogP contribution is 2.16. The van der Waals surface area contributed by atoms with Crippen molar-refractivity contribution >= 4 is 18.0 Å². The van der Waals surface area contributed by atoms with Crippen molar-refractivity contribution < 1.29 is 28.6 Å². The van der Waals surface area contributed by atoms with E-state index in [2.05, 4.69) is 37.8 Å². The third-order valence-corrected chi connectivity index (χ3v) is 10.5. The number of ether oxygens (including phenoxy) is 3. The van der Waals surface area contributed by atoms with Crippen LogP contribution in [-0.2, 0) is 23.8 Å². The highest BCUT2D eigenvalue weighted by molar-refractivity contribution is 5.70. The van der Waals surface area contributed by atoms with E-state index in [9.17, 15) is 14.4 Å². The number of amides is 1. The number of nitrogens with zero attached hydrogens (tertiary/aromatic N) is 2. The second kappa shape index (κ2) is 34.7.